The molecule has 0 fully saturated rings. The second kappa shape index (κ2) is 8.25. The highest BCUT2D eigenvalue weighted by Crippen LogP contribution is 2.31. The minimum atomic E-state index is -0.172. The number of H-pyrrole nitrogens is 1. The van der Waals surface area contributed by atoms with Crippen LogP contribution in [0.25, 0.3) is 10.9 Å². The van der Waals surface area contributed by atoms with Gasteiger partial charge in [-0.15, -0.1) is 0 Å². The number of aromatic nitrogens is 1. The molecule has 1 aliphatic rings. The summed E-state index contributed by atoms with van der Waals surface area (Å²) in [7, 11) is 0. The van der Waals surface area contributed by atoms with E-state index in [4.69, 9.17) is 9.47 Å². The van der Waals surface area contributed by atoms with Crippen molar-refractivity contribution in [1.82, 2.24) is 15.2 Å². The lowest BCUT2D eigenvalue weighted by atomic mass is 10.1. The Morgan fingerprint density at radius 1 is 1.18 bits per heavy atom. The number of rotatable bonds is 6. The van der Waals surface area contributed by atoms with Crippen LogP contribution in [0.5, 0.6) is 11.5 Å². The molecule has 1 aliphatic heterocycles. The van der Waals surface area contributed by atoms with Gasteiger partial charge in [-0.05, 0) is 37.1 Å². The molecule has 1 aromatic heterocycles. The molecule has 1 unspecified atom stereocenters. The van der Waals surface area contributed by atoms with Crippen molar-refractivity contribution in [2.45, 2.75) is 19.4 Å². The second-order valence-corrected chi connectivity index (χ2v) is 6.88. The number of nitrogens with one attached hydrogen (secondary N) is 2. The first-order chi connectivity index (χ1) is 13.7. The van der Waals surface area contributed by atoms with Crippen LogP contribution < -0.4 is 14.8 Å². The molecule has 2 heterocycles. The number of ether oxygens (including phenoxy) is 2. The third-order valence-corrected chi connectivity index (χ3v) is 5.01. The lowest BCUT2D eigenvalue weighted by Crippen LogP contribution is -2.47. The zero-order chi connectivity index (χ0) is 19.3. The fraction of sp³-hybridized carbons (Fsp3) is 0.318. The Hall–Kier alpha value is -3.15. The number of urea groups is 1. The standard InChI is InChI=1S/C22H25N3O3/c1-2-25(14-17-15-27-20-9-5-6-10-21(20)28-17)22(26)23-12-11-16-13-24-19-8-4-3-7-18(16)19/h3-10,13,17,24H,2,11-12,14-15H2,1H3,(H,23,26). The summed E-state index contributed by atoms with van der Waals surface area (Å²) in [5, 5.41) is 4.23. The Morgan fingerprint density at radius 3 is 2.82 bits per heavy atom. The van der Waals surface area contributed by atoms with Crippen molar-refractivity contribution in [3.05, 3.63) is 60.3 Å². The third kappa shape index (κ3) is 3.91. The zero-order valence-corrected chi connectivity index (χ0v) is 16.0. The van der Waals surface area contributed by atoms with E-state index in [2.05, 4.69) is 22.4 Å². The molecule has 0 saturated heterocycles. The lowest BCUT2D eigenvalue weighted by Gasteiger charge is -2.31. The quantitative estimate of drug-likeness (QED) is 0.688. The number of aromatic amines is 1. The summed E-state index contributed by atoms with van der Waals surface area (Å²) < 4.78 is 11.7. The van der Waals surface area contributed by atoms with Gasteiger partial charge in [0.1, 0.15) is 6.61 Å². The van der Waals surface area contributed by atoms with E-state index in [9.17, 15) is 4.79 Å². The molecule has 2 aromatic carbocycles. The molecule has 0 aliphatic carbocycles. The van der Waals surface area contributed by atoms with E-state index >= 15 is 0 Å². The zero-order valence-electron chi connectivity index (χ0n) is 16.0. The van der Waals surface area contributed by atoms with Crippen LogP contribution in [0.15, 0.2) is 54.7 Å². The number of hydrogen-bond donors (Lipinski definition) is 2. The van der Waals surface area contributed by atoms with Gasteiger partial charge in [0.05, 0.1) is 6.54 Å². The summed E-state index contributed by atoms with van der Waals surface area (Å²) in [4.78, 5) is 17.6. The third-order valence-electron chi connectivity index (χ3n) is 5.01. The van der Waals surface area contributed by atoms with E-state index in [0.29, 0.717) is 26.2 Å². The van der Waals surface area contributed by atoms with Gasteiger partial charge in [-0.25, -0.2) is 4.79 Å². The Balaban J connectivity index is 1.29. The van der Waals surface area contributed by atoms with E-state index in [1.807, 2.05) is 49.5 Å². The van der Waals surface area contributed by atoms with Crippen molar-refractivity contribution >= 4 is 16.9 Å². The highest BCUT2D eigenvalue weighted by molar-refractivity contribution is 5.83. The van der Waals surface area contributed by atoms with Crippen molar-refractivity contribution in [2.24, 2.45) is 0 Å². The summed E-state index contributed by atoms with van der Waals surface area (Å²) in [5.41, 5.74) is 2.33. The average molecular weight is 379 g/mol. The number of nitrogens with zero attached hydrogens (tertiary/aromatic N) is 1. The first-order valence-electron chi connectivity index (χ1n) is 9.71. The van der Waals surface area contributed by atoms with Crippen molar-refractivity contribution in [1.29, 1.82) is 0 Å². The second-order valence-electron chi connectivity index (χ2n) is 6.88. The van der Waals surface area contributed by atoms with Gasteiger partial charge in [0.15, 0.2) is 17.6 Å². The molecule has 2 N–H and O–H groups in total. The van der Waals surface area contributed by atoms with Crippen LogP contribution in [-0.4, -0.2) is 48.3 Å². The predicted octanol–water partition coefficient (Wildman–Crippen LogP) is 3.58. The van der Waals surface area contributed by atoms with Gasteiger partial charge in [0.2, 0.25) is 0 Å². The number of para-hydroxylation sites is 3. The number of carbonyl (C=O) groups excluding carboxylic acids is 1. The maximum atomic E-state index is 12.6. The van der Waals surface area contributed by atoms with Gasteiger partial charge in [-0.1, -0.05) is 30.3 Å². The number of hydrogen-bond acceptors (Lipinski definition) is 3. The van der Waals surface area contributed by atoms with Crippen LogP contribution in [-0.2, 0) is 6.42 Å². The molecule has 146 valence electrons. The van der Waals surface area contributed by atoms with Crippen LogP contribution in [0.3, 0.4) is 0 Å². The normalized spacial score (nSPS) is 15.4. The monoisotopic (exact) mass is 379 g/mol. The Bertz CT molecular complexity index is 953. The van der Waals surface area contributed by atoms with Crippen LogP contribution >= 0.6 is 0 Å². The largest absolute Gasteiger partial charge is 0.486 e. The first-order valence-corrected chi connectivity index (χ1v) is 9.71. The summed E-state index contributed by atoms with van der Waals surface area (Å²) in [6.07, 6.45) is 2.62. The fourth-order valence-electron chi connectivity index (χ4n) is 3.51. The van der Waals surface area contributed by atoms with Gasteiger partial charge < -0.3 is 24.7 Å². The minimum Gasteiger partial charge on any atom is -0.486 e. The maximum Gasteiger partial charge on any atom is 0.317 e. The molecule has 0 spiro atoms. The molecule has 0 bridgehead atoms. The van der Waals surface area contributed by atoms with E-state index in [1.54, 1.807) is 4.90 Å². The van der Waals surface area contributed by atoms with Crippen molar-refractivity contribution in [3.8, 4) is 11.5 Å². The Labute approximate surface area is 164 Å². The minimum absolute atomic E-state index is 0.0789. The Kier molecular flexibility index (Phi) is 5.37. The molecule has 3 aromatic rings. The van der Waals surface area contributed by atoms with Crippen LogP contribution in [0.1, 0.15) is 12.5 Å². The number of likely N-dealkylation sites (N-methyl/N-ethyl adjacent to an activating group) is 1. The number of carbonyl (C=O) groups is 1. The van der Waals surface area contributed by atoms with E-state index in [1.165, 1.54) is 10.9 Å². The molecule has 0 radical (unpaired) electrons. The van der Waals surface area contributed by atoms with Gasteiger partial charge in [0.25, 0.3) is 0 Å². The van der Waals surface area contributed by atoms with Crippen LogP contribution in [0.2, 0.25) is 0 Å². The molecule has 28 heavy (non-hydrogen) atoms. The van der Waals surface area contributed by atoms with E-state index in [-0.39, 0.29) is 12.1 Å². The molecule has 1 atom stereocenters. The molecule has 6 heteroatoms. The van der Waals surface area contributed by atoms with Crippen LogP contribution in [0.4, 0.5) is 4.79 Å². The highest BCUT2D eigenvalue weighted by atomic mass is 16.6. The lowest BCUT2D eigenvalue weighted by molar-refractivity contribution is 0.0676. The SMILES string of the molecule is CCN(CC1COc2ccccc2O1)C(=O)NCCc1c[nH]c2ccccc12. The van der Waals surface area contributed by atoms with Crippen molar-refractivity contribution in [3.63, 3.8) is 0 Å². The molecule has 0 saturated carbocycles. The summed E-state index contributed by atoms with van der Waals surface area (Å²) in [6.45, 7) is 4.10. The van der Waals surface area contributed by atoms with Crippen molar-refractivity contribution in [2.75, 3.05) is 26.2 Å². The summed E-state index contributed by atoms with van der Waals surface area (Å²) >= 11 is 0. The molecule has 4 rings (SSSR count). The van der Waals surface area contributed by atoms with Crippen molar-refractivity contribution < 1.29 is 14.3 Å². The summed E-state index contributed by atoms with van der Waals surface area (Å²) in [6, 6.07) is 15.7. The number of fused-ring (bicyclic) bond motifs is 2. The first kappa shape index (κ1) is 18.2. The van der Waals surface area contributed by atoms with Gasteiger partial charge in [-0.2, -0.15) is 0 Å². The smallest absolute Gasteiger partial charge is 0.317 e. The van der Waals surface area contributed by atoms with Gasteiger partial charge in [-0.3, -0.25) is 0 Å². The molecular weight excluding hydrogens is 354 g/mol. The Morgan fingerprint density at radius 2 is 1.96 bits per heavy atom. The molecule has 2 amide bonds. The highest BCUT2D eigenvalue weighted by Gasteiger charge is 2.24. The van der Waals surface area contributed by atoms with Gasteiger partial charge >= 0.3 is 6.03 Å². The fourth-order valence-corrected chi connectivity index (χ4v) is 3.51. The summed E-state index contributed by atoms with van der Waals surface area (Å²) in [5.74, 6) is 1.49. The van der Waals surface area contributed by atoms with E-state index in [0.717, 1.165) is 23.4 Å². The number of amides is 2. The number of benzene rings is 2. The molecule has 6 nitrogen and oxygen atoms in total. The van der Waals surface area contributed by atoms with Gasteiger partial charge in [0, 0.05) is 30.2 Å². The van der Waals surface area contributed by atoms with E-state index < -0.39 is 0 Å². The molecular formula is C22H25N3O3. The predicted molar refractivity (Wildman–Crippen MR) is 109 cm³/mol. The average Bonchev–Trinajstić information content (AvgIpc) is 3.15. The topological polar surface area (TPSA) is 66.6 Å². The maximum absolute atomic E-state index is 12.6. The van der Waals surface area contributed by atoms with Crippen LogP contribution in [0, 0.1) is 0 Å².